The highest BCUT2D eigenvalue weighted by molar-refractivity contribution is 6.33. The van der Waals surface area contributed by atoms with Crippen LogP contribution >= 0.6 is 36.4 Å². The number of nitrogen functional groups attached to an aromatic ring is 1. The van der Waals surface area contributed by atoms with Crippen LogP contribution in [0, 0.1) is 0 Å². The van der Waals surface area contributed by atoms with Crippen LogP contribution in [-0.2, 0) is 6.54 Å². The van der Waals surface area contributed by atoms with Crippen molar-refractivity contribution in [3.8, 4) is 34.1 Å². The van der Waals surface area contributed by atoms with Gasteiger partial charge in [0, 0.05) is 28.4 Å². The maximum atomic E-state index is 6.57. The first-order valence-electron chi connectivity index (χ1n) is 10.5. The third kappa shape index (κ3) is 5.77. The van der Waals surface area contributed by atoms with Crippen molar-refractivity contribution in [3.63, 3.8) is 0 Å². The van der Waals surface area contributed by atoms with Gasteiger partial charge in [-0.1, -0.05) is 54.1 Å². The summed E-state index contributed by atoms with van der Waals surface area (Å²) in [5, 5.41) is 0.682. The molecule has 0 atom stereocenters. The monoisotopic (exact) mass is 524 g/mol. The fourth-order valence-electron chi connectivity index (χ4n) is 3.81. The fraction of sp³-hybridized carbons (Fsp3) is 0.0370. The summed E-state index contributed by atoms with van der Waals surface area (Å²) in [5.74, 6) is 1.73. The molecule has 8 heteroatoms. The zero-order valence-corrected chi connectivity index (χ0v) is 20.9. The first-order valence-corrected chi connectivity index (χ1v) is 10.9. The van der Waals surface area contributed by atoms with Crippen LogP contribution in [0.3, 0.4) is 0 Å². The molecule has 178 valence electrons. The van der Waals surface area contributed by atoms with Crippen LogP contribution in [-0.4, -0.2) is 14.5 Å². The number of nitrogens with two attached hydrogens (primary N) is 1. The Bertz CT molecular complexity index is 1410. The zero-order chi connectivity index (χ0) is 22.6. The summed E-state index contributed by atoms with van der Waals surface area (Å²) < 4.78 is 8.32. The van der Waals surface area contributed by atoms with Crippen molar-refractivity contribution in [2.24, 2.45) is 0 Å². The molecule has 5 nitrogen and oxygen atoms in total. The van der Waals surface area contributed by atoms with Gasteiger partial charge in [0.2, 0.25) is 5.88 Å². The second kappa shape index (κ2) is 11.8. The fourth-order valence-corrected chi connectivity index (χ4v) is 4.05. The topological polar surface area (TPSA) is 66.0 Å². The van der Waals surface area contributed by atoms with Gasteiger partial charge in [-0.2, -0.15) is 0 Å². The maximum Gasteiger partial charge on any atom is 0.219 e. The molecule has 5 rings (SSSR count). The van der Waals surface area contributed by atoms with Crippen molar-refractivity contribution in [2.75, 3.05) is 5.73 Å². The lowest BCUT2D eigenvalue weighted by Gasteiger charge is -2.17. The van der Waals surface area contributed by atoms with Crippen molar-refractivity contribution >= 4 is 42.2 Å². The second-order valence-corrected chi connectivity index (χ2v) is 7.90. The Hall–Kier alpha value is -3.51. The summed E-state index contributed by atoms with van der Waals surface area (Å²) >= 11 is 6.57. The van der Waals surface area contributed by atoms with Crippen LogP contribution in [0.1, 0.15) is 5.69 Å². The smallest absolute Gasteiger partial charge is 0.219 e. The Morgan fingerprint density at radius 1 is 0.743 bits per heavy atom. The summed E-state index contributed by atoms with van der Waals surface area (Å²) in [6.45, 7) is 0.520. The van der Waals surface area contributed by atoms with Crippen molar-refractivity contribution in [1.29, 1.82) is 0 Å². The maximum absolute atomic E-state index is 6.57. The highest BCUT2D eigenvalue weighted by Crippen LogP contribution is 2.38. The molecule has 0 aliphatic rings. The number of hydrogen-bond donors (Lipinski definition) is 1. The summed E-state index contributed by atoms with van der Waals surface area (Å²) in [6, 6.07) is 31.1. The van der Waals surface area contributed by atoms with E-state index in [4.69, 9.17) is 22.1 Å². The van der Waals surface area contributed by atoms with Crippen molar-refractivity contribution in [2.45, 2.75) is 6.54 Å². The number of benzene rings is 2. The molecule has 35 heavy (non-hydrogen) atoms. The molecule has 0 fully saturated rings. The van der Waals surface area contributed by atoms with Gasteiger partial charge in [-0.15, -0.1) is 24.8 Å². The van der Waals surface area contributed by atoms with Crippen LogP contribution in [0.2, 0.25) is 5.02 Å². The van der Waals surface area contributed by atoms with E-state index in [1.807, 2.05) is 78.9 Å². The van der Waals surface area contributed by atoms with E-state index in [0.29, 0.717) is 29.0 Å². The number of hydrogen-bond acceptors (Lipinski definition) is 4. The first-order chi connectivity index (χ1) is 16.2. The van der Waals surface area contributed by atoms with Gasteiger partial charge in [0.25, 0.3) is 0 Å². The minimum Gasteiger partial charge on any atom is -0.438 e. The van der Waals surface area contributed by atoms with Gasteiger partial charge in [-0.3, -0.25) is 0 Å². The van der Waals surface area contributed by atoms with Crippen LogP contribution in [0.25, 0.3) is 22.5 Å². The number of anilines is 1. The molecule has 0 saturated heterocycles. The van der Waals surface area contributed by atoms with E-state index in [0.717, 1.165) is 28.2 Å². The lowest BCUT2D eigenvalue weighted by atomic mass is 10.1. The molecule has 0 bridgehead atoms. The number of nitrogens with zero attached hydrogens (tertiary/aromatic N) is 3. The number of pyridine rings is 2. The Balaban J connectivity index is 0.00000171. The average Bonchev–Trinajstić information content (AvgIpc) is 3.23. The van der Waals surface area contributed by atoms with Gasteiger partial charge in [0.1, 0.15) is 11.6 Å². The standard InChI is InChI=1S/C27H21ClN4O.2ClH/c28-22-11-3-1-9-20(22)23-15-16-24(32(23)18-19-8-7-13-26(29)31-19)21-10-2-4-12-25(21)33-27-14-5-6-17-30-27;;/h1-17H,18H2,(H2,29,31);2*1H. The Morgan fingerprint density at radius 2 is 1.43 bits per heavy atom. The summed E-state index contributed by atoms with van der Waals surface area (Å²) in [4.78, 5) is 8.82. The number of aromatic nitrogens is 3. The largest absolute Gasteiger partial charge is 0.438 e. The lowest BCUT2D eigenvalue weighted by Crippen LogP contribution is -2.07. The average molecular weight is 526 g/mol. The molecule has 0 saturated carbocycles. The lowest BCUT2D eigenvalue weighted by molar-refractivity contribution is 0.464. The van der Waals surface area contributed by atoms with Gasteiger partial charge in [-0.25, -0.2) is 9.97 Å². The highest BCUT2D eigenvalue weighted by Gasteiger charge is 2.18. The zero-order valence-electron chi connectivity index (χ0n) is 18.5. The summed E-state index contributed by atoms with van der Waals surface area (Å²) in [5.41, 5.74) is 10.6. The van der Waals surface area contributed by atoms with Crippen LogP contribution < -0.4 is 10.5 Å². The first kappa shape index (κ1) is 26.1. The molecular weight excluding hydrogens is 503 g/mol. The second-order valence-electron chi connectivity index (χ2n) is 7.49. The number of ether oxygens (including phenoxy) is 1. The molecule has 2 aromatic carbocycles. The number of rotatable bonds is 6. The van der Waals surface area contributed by atoms with Crippen molar-refractivity contribution in [1.82, 2.24) is 14.5 Å². The van der Waals surface area contributed by atoms with Gasteiger partial charge >= 0.3 is 0 Å². The Morgan fingerprint density at radius 3 is 2.14 bits per heavy atom. The normalized spacial score (nSPS) is 10.2. The van der Waals surface area contributed by atoms with Gasteiger partial charge < -0.3 is 15.0 Å². The number of halogens is 3. The molecule has 2 N–H and O–H groups in total. The van der Waals surface area contributed by atoms with Crippen molar-refractivity contribution in [3.05, 3.63) is 114 Å². The van der Waals surface area contributed by atoms with E-state index in [2.05, 4.69) is 26.7 Å². The predicted octanol–water partition coefficient (Wildman–Crippen LogP) is 7.53. The van der Waals surface area contributed by atoms with Crippen LogP contribution in [0.4, 0.5) is 5.82 Å². The minimum atomic E-state index is 0. The third-order valence-electron chi connectivity index (χ3n) is 5.29. The summed E-state index contributed by atoms with van der Waals surface area (Å²) in [7, 11) is 0. The molecule has 0 aliphatic heterocycles. The molecule has 0 spiro atoms. The molecule has 0 unspecified atom stereocenters. The highest BCUT2D eigenvalue weighted by atomic mass is 35.5. The van der Waals surface area contributed by atoms with E-state index in [9.17, 15) is 0 Å². The SMILES string of the molecule is Cl.Cl.Nc1cccc(Cn2c(-c3ccccc3Cl)ccc2-c2ccccc2Oc2ccccn2)n1. The van der Waals surface area contributed by atoms with Gasteiger partial charge in [0.15, 0.2) is 0 Å². The molecule has 5 aromatic rings. The predicted molar refractivity (Wildman–Crippen MR) is 147 cm³/mol. The summed E-state index contributed by atoms with van der Waals surface area (Å²) in [6.07, 6.45) is 1.71. The van der Waals surface area contributed by atoms with Crippen LogP contribution in [0.5, 0.6) is 11.6 Å². The molecular formula is C27H23Cl3N4O. The Labute approximate surface area is 221 Å². The van der Waals surface area contributed by atoms with Gasteiger partial charge in [-0.05, 0) is 48.5 Å². The Kier molecular flexibility index (Phi) is 8.77. The minimum absolute atomic E-state index is 0. The molecule has 3 aromatic heterocycles. The molecule has 0 amide bonds. The van der Waals surface area contributed by atoms with Crippen molar-refractivity contribution < 1.29 is 4.74 Å². The molecule has 0 radical (unpaired) electrons. The molecule has 0 aliphatic carbocycles. The molecule has 3 heterocycles. The number of para-hydroxylation sites is 1. The van der Waals surface area contributed by atoms with E-state index < -0.39 is 0 Å². The quantitative estimate of drug-likeness (QED) is 0.249. The van der Waals surface area contributed by atoms with Crippen LogP contribution in [0.15, 0.2) is 103 Å². The van der Waals surface area contributed by atoms with E-state index in [1.165, 1.54) is 0 Å². The van der Waals surface area contributed by atoms with E-state index in [1.54, 1.807) is 12.3 Å². The van der Waals surface area contributed by atoms with E-state index in [-0.39, 0.29) is 24.8 Å². The van der Waals surface area contributed by atoms with Gasteiger partial charge in [0.05, 0.1) is 23.6 Å². The third-order valence-corrected chi connectivity index (χ3v) is 5.62. The van der Waals surface area contributed by atoms with E-state index >= 15 is 0 Å².